The van der Waals surface area contributed by atoms with Crippen LogP contribution in [0.5, 0.6) is 0 Å². The number of carbonyl (C=O) groups is 1. The van der Waals surface area contributed by atoms with E-state index in [1.54, 1.807) is 0 Å². The first-order chi connectivity index (χ1) is 16.3. The van der Waals surface area contributed by atoms with Crippen LogP contribution in [-0.2, 0) is 27.4 Å². The quantitative estimate of drug-likeness (QED) is 0.516. The topological polar surface area (TPSA) is 50.4 Å². The summed E-state index contributed by atoms with van der Waals surface area (Å²) in [6.07, 6.45) is -8.49. The Balaban J connectivity index is 1.58. The molecule has 4 nitrogen and oxygen atoms in total. The van der Waals surface area contributed by atoms with E-state index in [0.29, 0.717) is 44.4 Å². The van der Waals surface area contributed by atoms with Crippen LogP contribution in [0.2, 0.25) is 0 Å². The van der Waals surface area contributed by atoms with Gasteiger partial charge in [-0.05, 0) is 55.5 Å². The highest BCUT2D eigenvalue weighted by Gasteiger charge is 2.47. The van der Waals surface area contributed by atoms with E-state index in [1.165, 1.54) is 6.92 Å². The normalized spacial score (nSPS) is 26.1. The molecule has 10 heteroatoms. The van der Waals surface area contributed by atoms with Crippen LogP contribution >= 0.6 is 0 Å². The van der Waals surface area contributed by atoms with E-state index >= 15 is 0 Å². The largest absolute Gasteiger partial charge is 0.416 e. The zero-order valence-electron chi connectivity index (χ0n) is 19.0. The molecule has 190 valence electrons. The molecule has 0 aromatic heterocycles. The highest BCUT2D eigenvalue weighted by Crippen LogP contribution is 2.40. The van der Waals surface area contributed by atoms with E-state index in [1.807, 2.05) is 30.3 Å². The van der Waals surface area contributed by atoms with Crippen molar-refractivity contribution in [3.63, 3.8) is 0 Å². The predicted molar refractivity (Wildman–Crippen MR) is 116 cm³/mol. The molecule has 0 unspecified atom stereocenters. The molecule has 2 heterocycles. The van der Waals surface area contributed by atoms with Crippen LogP contribution in [0.4, 0.5) is 26.3 Å². The maximum absolute atomic E-state index is 13.3. The predicted octanol–water partition coefficient (Wildman–Crippen LogP) is 5.73. The average molecular weight is 500 g/mol. The maximum atomic E-state index is 13.3. The molecule has 2 aromatic rings. The van der Waals surface area contributed by atoms with Gasteiger partial charge in [-0.3, -0.25) is 4.79 Å². The molecule has 1 spiro atoms. The number of hydrogen-bond acceptors (Lipinski definition) is 3. The van der Waals surface area contributed by atoms with Crippen molar-refractivity contribution in [2.45, 2.75) is 62.1 Å². The van der Waals surface area contributed by atoms with Crippen molar-refractivity contribution < 1.29 is 35.9 Å². The van der Waals surface area contributed by atoms with Gasteiger partial charge in [-0.15, -0.1) is 0 Å². The summed E-state index contributed by atoms with van der Waals surface area (Å²) in [5.74, 6) is -0.00565. The fourth-order valence-corrected chi connectivity index (χ4v) is 4.85. The minimum absolute atomic E-state index is 0.00565. The van der Waals surface area contributed by atoms with Gasteiger partial charge in [0.05, 0.1) is 34.9 Å². The van der Waals surface area contributed by atoms with Crippen LogP contribution in [0.25, 0.3) is 0 Å². The molecule has 0 radical (unpaired) electrons. The van der Waals surface area contributed by atoms with Gasteiger partial charge in [0.25, 0.3) is 0 Å². The van der Waals surface area contributed by atoms with Gasteiger partial charge in [-0.1, -0.05) is 30.3 Å². The summed E-state index contributed by atoms with van der Waals surface area (Å²) in [4.78, 5) is 11.8. The molecule has 2 fully saturated rings. The molecule has 3 atom stereocenters. The van der Waals surface area contributed by atoms with Gasteiger partial charge in [0.2, 0.25) is 5.91 Å². The molecule has 0 saturated carbocycles. The zero-order valence-corrected chi connectivity index (χ0v) is 19.0. The summed E-state index contributed by atoms with van der Waals surface area (Å²) in [6, 6.07) is 10.9. The Bertz CT molecular complexity index is 1030. The number of hydrogen-bond donors (Lipinski definition) is 2. The number of piperidine rings is 1. The minimum Gasteiger partial charge on any atom is -0.372 e. The Morgan fingerprint density at radius 3 is 2.06 bits per heavy atom. The van der Waals surface area contributed by atoms with E-state index in [-0.39, 0.29) is 29.7 Å². The Morgan fingerprint density at radius 2 is 1.57 bits per heavy atom. The molecule has 35 heavy (non-hydrogen) atoms. The maximum Gasteiger partial charge on any atom is 0.416 e. The molecular weight excluding hydrogens is 474 g/mol. The first kappa shape index (κ1) is 25.5. The second kappa shape index (κ2) is 9.13. The van der Waals surface area contributed by atoms with Crippen molar-refractivity contribution in [2.24, 2.45) is 0 Å². The molecular formula is C25H26F6N2O2. The van der Waals surface area contributed by atoms with Crippen LogP contribution in [0, 0.1) is 0 Å². The zero-order chi connectivity index (χ0) is 25.5. The summed E-state index contributed by atoms with van der Waals surface area (Å²) in [5.41, 5.74) is -3.11. The van der Waals surface area contributed by atoms with Crippen molar-refractivity contribution in [3.05, 3.63) is 70.8 Å². The fraction of sp³-hybridized carbons (Fsp3) is 0.480. The summed E-state index contributed by atoms with van der Waals surface area (Å²) < 4.78 is 85.6. The van der Waals surface area contributed by atoms with Crippen LogP contribution in [0.1, 0.15) is 61.0 Å². The number of ether oxygens (including phenoxy) is 1. The smallest absolute Gasteiger partial charge is 0.372 e. The number of amides is 1. The molecule has 0 aliphatic carbocycles. The minimum atomic E-state index is -4.92. The molecule has 2 aliphatic heterocycles. The van der Waals surface area contributed by atoms with Gasteiger partial charge >= 0.3 is 12.4 Å². The Labute approximate surface area is 199 Å². The van der Waals surface area contributed by atoms with E-state index in [0.717, 1.165) is 5.56 Å². The molecule has 0 bridgehead atoms. The molecule has 4 rings (SSSR count). The highest BCUT2D eigenvalue weighted by molar-refractivity contribution is 5.79. The van der Waals surface area contributed by atoms with Crippen LogP contribution in [0.3, 0.4) is 0 Å². The van der Waals surface area contributed by atoms with Gasteiger partial charge in [0.15, 0.2) is 0 Å². The third kappa shape index (κ3) is 5.48. The van der Waals surface area contributed by atoms with Gasteiger partial charge in [0.1, 0.15) is 0 Å². The second-order valence-electron chi connectivity index (χ2n) is 9.42. The number of nitrogens with one attached hydrogen (secondary N) is 2. The first-order valence-corrected chi connectivity index (χ1v) is 11.3. The van der Waals surface area contributed by atoms with Gasteiger partial charge in [-0.25, -0.2) is 0 Å². The fourth-order valence-electron chi connectivity index (χ4n) is 4.85. The number of halogens is 6. The van der Waals surface area contributed by atoms with Crippen molar-refractivity contribution in [2.75, 3.05) is 13.2 Å². The van der Waals surface area contributed by atoms with Crippen LogP contribution < -0.4 is 10.6 Å². The van der Waals surface area contributed by atoms with E-state index in [2.05, 4.69) is 10.6 Å². The van der Waals surface area contributed by atoms with E-state index < -0.39 is 35.1 Å². The van der Waals surface area contributed by atoms with E-state index in [9.17, 15) is 31.1 Å². The lowest BCUT2D eigenvalue weighted by molar-refractivity contribution is -0.143. The third-order valence-corrected chi connectivity index (χ3v) is 7.02. The monoisotopic (exact) mass is 500 g/mol. The SMILES string of the molecule is C[C@H](OC[C@]1(c2ccccc2)CC[C@]2(CCC(=O)N2)CN1)c1cc(C(F)(F)F)cc(C(F)(F)F)c1. The van der Waals surface area contributed by atoms with Crippen molar-refractivity contribution in [1.29, 1.82) is 0 Å². The second-order valence-corrected chi connectivity index (χ2v) is 9.42. The molecule has 2 saturated heterocycles. The third-order valence-electron chi connectivity index (χ3n) is 7.02. The number of carbonyl (C=O) groups excluding carboxylic acids is 1. The first-order valence-electron chi connectivity index (χ1n) is 11.3. The number of benzene rings is 2. The lowest BCUT2D eigenvalue weighted by atomic mass is 9.76. The summed E-state index contributed by atoms with van der Waals surface area (Å²) in [5, 5.41) is 6.52. The Hall–Kier alpha value is -2.59. The Morgan fingerprint density at radius 1 is 0.943 bits per heavy atom. The number of alkyl halides is 6. The van der Waals surface area contributed by atoms with Crippen LogP contribution in [-0.4, -0.2) is 24.6 Å². The lowest BCUT2D eigenvalue weighted by Crippen LogP contribution is -2.61. The summed E-state index contributed by atoms with van der Waals surface area (Å²) in [6.45, 7) is 1.95. The average Bonchev–Trinajstić information content (AvgIpc) is 3.18. The van der Waals surface area contributed by atoms with Crippen molar-refractivity contribution >= 4 is 5.91 Å². The van der Waals surface area contributed by atoms with Gasteiger partial charge in [-0.2, -0.15) is 26.3 Å². The lowest BCUT2D eigenvalue weighted by Gasteiger charge is -2.46. The van der Waals surface area contributed by atoms with Crippen molar-refractivity contribution in [1.82, 2.24) is 10.6 Å². The molecule has 2 aliphatic rings. The Kier molecular flexibility index (Phi) is 6.65. The summed E-state index contributed by atoms with van der Waals surface area (Å²) in [7, 11) is 0. The molecule has 2 aromatic carbocycles. The van der Waals surface area contributed by atoms with E-state index in [4.69, 9.17) is 4.74 Å². The van der Waals surface area contributed by atoms with Gasteiger partial charge in [0, 0.05) is 13.0 Å². The van der Waals surface area contributed by atoms with Gasteiger partial charge < -0.3 is 15.4 Å². The van der Waals surface area contributed by atoms with Crippen LogP contribution in [0.15, 0.2) is 48.5 Å². The molecule has 2 N–H and O–H groups in total. The van der Waals surface area contributed by atoms with Crippen molar-refractivity contribution in [3.8, 4) is 0 Å². The standard InChI is InChI=1S/C25H26F6N2O2/c1-16(17-11-19(24(26,27)28)13-20(12-17)25(29,30)31)35-15-23(18-5-3-2-4-6-18)10-9-22(14-32-23)8-7-21(34)33-22/h2-6,11-13,16,32H,7-10,14-15H2,1H3,(H,33,34)/t16-,22+,23-/m0/s1. The highest BCUT2D eigenvalue weighted by atomic mass is 19.4. The molecule has 1 amide bonds. The number of rotatable bonds is 5. The summed E-state index contributed by atoms with van der Waals surface area (Å²) >= 11 is 0.